The fourth-order valence-electron chi connectivity index (χ4n) is 3.09. The predicted molar refractivity (Wildman–Crippen MR) is 96.9 cm³/mol. The van der Waals surface area contributed by atoms with Crippen LogP contribution in [0.3, 0.4) is 0 Å². The molecule has 0 radical (unpaired) electrons. The number of rotatable bonds is 6. The second-order valence-electron chi connectivity index (χ2n) is 6.35. The molecule has 0 aliphatic heterocycles. The van der Waals surface area contributed by atoms with Gasteiger partial charge >= 0.3 is 12.1 Å². The maximum atomic E-state index is 12.6. The lowest BCUT2D eigenvalue weighted by molar-refractivity contribution is -0.141. The number of pyridine rings is 1. The van der Waals surface area contributed by atoms with Gasteiger partial charge in [0.25, 0.3) is 0 Å². The lowest BCUT2D eigenvalue weighted by Crippen LogP contribution is -2.15. The molecule has 5 nitrogen and oxygen atoms in total. The Bertz CT molecular complexity index is 948. The minimum Gasteiger partial charge on any atom is -0.477 e. The fourth-order valence-corrected chi connectivity index (χ4v) is 3.09. The Kier molecular flexibility index (Phi) is 5.48. The molecule has 0 saturated carbocycles. The molecule has 3 rings (SSSR count). The summed E-state index contributed by atoms with van der Waals surface area (Å²) in [6, 6.07) is 9.41. The highest BCUT2D eigenvalue weighted by molar-refractivity contribution is 5.85. The molecular weight excluding hydrogens is 371 g/mol. The Balaban J connectivity index is 1.89. The van der Waals surface area contributed by atoms with Gasteiger partial charge < -0.3 is 9.67 Å². The van der Waals surface area contributed by atoms with Crippen LogP contribution in [0.15, 0.2) is 55.1 Å². The quantitative estimate of drug-likeness (QED) is 0.640. The molecule has 0 aliphatic carbocycles. The van der Waals surface area contributed by atoms with Gasteiger partial charge in [-0.1, -0.05) is 43.7 Å². The number of carboxylic acids is 1. The zero-order valence-corrected chi connectivity index (χ0v) is 15.0. The van der Waals surface area contributed by atoms with Crippen LogP contribution in [0.4, 0.5) is 13.2 Å². The molecule has 1 N–H and O–H groups in total. The number of hydrogen-bond donors (Lipinski definition) is 1. The first-order chi connectivity index (χ1) is 13.3. The van der Waals surface area contributed by atoms with Crippen LogP contribution in [-0.2, 0) is 6.18 Å². The Labute approximate surface area is 159 Å². The van der Waals surface area contributed by atoms with Crippen molar-refractivity contribution in [2.45, 2.75) is 32.0 Å². The third kappa shape index (κ3) is 4.05. The average molecular weight is 389 g/mol. The van der Waals surface area contributed by atoms with E-state index in [1.165, 1.54) is 24.8 Å². The molecule has 2 heterocycles. The van der Waals surface area contributed by atoms with Crippen molar-refractivity contribution < 1.29 is 23.1 Å². The smallest absolute Gasteiger partial charge is 0.433 e. The highest BCUT2D eigenvalue weighted by Crippen LogP contribution is 2.30. The maximum absolute atomic E-state index is 12.6. The van der Waals surface area contributed by atoms with Gasteiger partial charge in [-0.05, 0) is 23.6 Å². The SMILES string of the molecule is CCCC(c1ccc(-c2ccc(C(F)(F)F)nc2)cc1)n1cncc1C(=O)O. The van der Waals surface area contributed by atoms with Crippen molar-refractivity contribution in [2.24, 2.45) is 0 Å². The van der Waals surface area contributed by atoms with E-state index >= 15 is 0 Å². The van der Waals surface area contributed by atoms with Crippen molar-refractivity contribution in [3.8, 4) is 11.1 Å². The van der Waals surface area contributed by atoms with Crippen molar-refractivity contribution in [2.75, 3.05) is 0 Å². The summed E-state index contributed by atoms with van der Waals surface area (Å²) >= 11 is 0. The van der Waals surface area contributed by atoms with Crippen molar-refractivity contribution in [1.82, 2.24) is 14.5 Å². The molecule has 0 aliphatic rings. The van der Waals surface area contributed by atoms with E-state index < -0.39 is 17.8 Å². The largest absolute Gasteiger partial charge is 0.477 e. The molecule has 0 fully saturated rings. The van der Waals surface area contributed by atoms with Gasteiger partial charge in [-0.3, -0.25) is 4.98 Å². The minimum atomic E-state index is -4.47. The van der Waals surface area contributed by atoms with Crippen molar-refractivity contribution in [3.63, 3.8) is 0 Å². The Morgan fingerprint density at radius 2 is 1.79 bits per heavy atom. The molecule has 1 atom stereocenters. The Hall–Kier alpha value is -3.16. The zero-order chi connectivity index (χ0) is 20.3. The predicted octanol–water partition coefficient (Wildman–Crippen LogP) is 5.05. The van der Waals surface area contributed by atoms with Crippen molar-refractivity contribution in [3.05, 3.63) is 72.1 Å². The van der Waals surface area contributed by atoms with Crippen LogP contribution in [0.25, 0.3) is 11.1 Å². The second kappa shape index (κ2) is 7.84. The van der Waals surface area contributed by atoms with Gasteiger partial charge in [0, 0.05) is 11.8 Å². The Morgan fingerprint density at radius 1 is 1.11 bits per heavy atom. The lowest BCUT2D eigenvalue weighted by Gasteiger charge is -2.20. The number of nitrogens with zero attached hydrogens (tertiary/aromatic N) is 3. The number of alkyl halides is 3. The number of carbonyl (C=O) groups is 1. The zero-order valence-electron chi connectivity index (χ0n) is 15.0. The van der Waals surface area contributed by atoms with E-state index in [0.717, 1.165) is 30.0 Å². The van der Waals surface area contributed by atoms with E-state index in [9.17, 15) is 23.1 Å². The van der Waals surface area contributed by atoms with Crippen LogP contribution >= 0.6 is 0 Å². The molecule has 0 bridgehead atoms. The van der Waals surface area contributed by atoms with Crippen LogP contribution in [-0.4, -0.2) is 25.6 Å². The summed E-state index contributed by atoms with van der Waals surface area (Å²) < 4.78 is 39.6. The monoisotopic (exact) mass is 389 g/mol. The minimum absolute atomic E-state index is 0.106. The number of benzene rings is 1. The fraction of sp³-hybridized carbons (Fsp3) is 0.250. The number of imidazole rings is 1. The van der Waals surface area contributed by atoms with Gasteiger partial charge in [0.1, 0.15) is 11.4 Å². The molecule has 3 aromatic rings. The van der Waals surface area contributed by atoms with Crippen LogP contribution in [0.2, 0.25) is 0 Å². The van der Waals surface area contributed by atoms with E-state index in [2.05, 4.69) is 9.97 Å². The summed E-state index contributed by atoms with van der Waals surface area (Å²) in [6.45, 7) is 2.01. The van der Waals surface area contributed by atoms with Gasteiger partial charge in [0.15, 0.2) is 0 Å². The van der Waals surface area contributed by atoms with Gasteiger partial charge in [0.05, 0.1) is 18.6 Å². The van der Waals surface area contributed by atoms with Crippen molar-refractivity contribution >= 4 is 5.97 Å². The molecule has 1 aromatic carbocycles. The third-order valence-electron chi connectivity index (χ3n) is 4.47. The molecule has 2 aromatic heterocycles. The van der Waals surface area contributed by atoms with E-state index in [-0.39, 0.29) is 11.7 Å². The summed E-state index contributed by atoms with van der Waals surface area (Å²) in [7, 11) is 0. The van der Waals surface area contributed by atoms with Crippen LogP contribution in [0.5, 0.6) is 0 Å². The first-order valence-corrected chi connectivity index (χ1v) is 8.70. The first kappa shape index (κ1) is 19.6. The highest BCUT2D eigenvalue weighted by Gasteiger charge is 2.32. The summed E-state index contributed by atoms with van der Waals surface area (Å²) in [6.07, 6.45) is 1.09. The number of aromatic carboxylic acids is 1. The summed E-state index contributed by atoms with van der Waals surface area (Å²) in [5.41, 5.74) is 1.36. The number of aromatic nitrogens is 3. The highest BCUT2D eigenvalue weighted by atomic mass is 19.4. The summed E-state index contributed by atoms with van der Waals surface area (Å²) in [5, 5.41) is 9.34. The van der Waals surface area contributed by atoms with E-state index in [1.807, 2.05) is 19.1 Å². The molecular formula is C20H18F3N3O2. The van der Waals surface area contributed by atoms with Crippen LogP contribution in [0.1, 0.15) is 47.6 Å². The second-order valence-corrected chi connectivity index (χ2v) is 6.35. The van der Waals surface area contributed by atoms with Crippen LogP contribution in [0, 0.1) is 0 Å². The lowest BCUT2D eigenvalue weighted by atomic mass is 9.98. The molecule has 0 spiro atoms. The van der Waals surface area contributed by atoms with Crippen molar-refractivity contribution in [1.29, 1.82) is 0 Å². The molecule has 28 heavy (non-hydrogen) atoms. The number of hydrogen-bond acceptors (Lipinski definition) is 3. The molecule has 8 heteroatoms. The first-order valence-electron chi connectivity index (χ1n) is 8.70. The molecule has 1 unspecified atom stereocenters. The van der Waals surface area contributed by atoms with E-state index in [4.69, 9.17) is 0 Å². The summed E-state index contributed by atoms with van der Waals surface area (Å²) in [4.78, 5) is 18.8. The van der Waals surface area contributed by atoms with Gasteiger partial charge in [0.2, 0.25) is 0 Å². The van der Waals surface area contributed by atoms with Gasteiger partial charge in [-0.25, -0.2) is 9.78 Å². The van der Waals surface area contributed by atoms with Gasteiger partial charge in [-0.2, -0.15) is 13.2 Å². The number of carboxylic acid groups (broad SMARTS) is 1. The maximum Gasteiger partial charge on any atom is 0.433 e. The van der Waals surface area contributed by atoms with Crippen LogP contribution < -0.4 is 0 Å². The molecule has 0 saturated heterocycles. The topological polar surface area (TPSA) is 68.0 Å². The number of halogens is 3. The molecule has 0 amide bonds. The average Bonchev–Trinajstić information content (AvgIpc) is 3.15. The van der Waals surface area contributed by atoms with E-state index in [1.54, 1.807) is 16.7 Å². The summed E-state index contributed by atoms with van der Waals surface area (Å²) in [5.74, 6) is -1.05. The standard InChI is InChI=1S/C20H18F3N3O2/c1-2-3-16(26-12-24-11-17(26)19(27)28)14-6-4-13(5-7-14)15-8-9-18(25-10-15)20(21,22)23/h4-12,16H,2-3H2,1H3,(H,27,28). The van der Waals surface area contributed by atoms with Gasteiger partial charge in [-0.15, -0.1) is 0 Å². The third-order valence-corrected chi connectivity index (χ3v) is 4.47. The Morgan fingerprint density at radius 3 is 2.32 bits per heavy atom. The molecule has 146 valence electrons. The van der Waals surface area contributed by atoms with E-state index in [0.29, 0.717) is 5.56 Å². The normalized spacial score (nSPS) is 12.7.